The third kappa shape index (κ3) is 4.24. The lowest BCUT2D eigenvalue weighted by Crippen LogP contribution is -2.17. The predicted octanol–water partition coefficient (Wildman–Crippen LogP) is 4.50. The van der Waals surface area contributed by atoms with Crippen LogP contribution in [0.15, 0.2) is 42.5 Å². The van der Waals surface area contributed by atoms with Crippen molar-refractivity contribution in [3.05, 3.63) is 53.6 Å². The van der Waals surface area contributed by atoms with E-state index in [2.05, 4.69) is 4.74 Å². The molecule has 0 radical (unpaired) electrons. The average Bonchev–Trinajstić information content (AvgIpc) is 2.41. The van der Waals surface area contributed by atoms with E-state index in [1.54, 1.807) is 24.3 Å². The number of benzene rings is 2. The van der Waals surface area contributed by atoms with E-state index in [0.29, 0.717) is 28.9 Å². The average molecular weight is 296 g/mol. The van der Waals surface area contributed by atoms with Crippen molar-refractivity contribution in [2.45, 2.75) is 13.3 Å². The summed E-state index contributed by atoms with van der Waals surface area (Å²) in [4.78, 5) is 10.5. The summed E-state index contributed by atoms with van der Waals surface area (Å²) in [6.07, 6.45) is -4.02. The number of ether oxygens (including phenoxy) is 2. The minimum absolute atomic E-state index is 0.272. The summed E-state index contributed by atoms with van der Waals surface area (Å²) in [7, 11) is 0. The van der Waals surface area contributed by atoms with Crippen LogP contribution >= 0.6 is 0 Å². The molecule has 0 aliphatic heterocycles. The van der Waals surface area contributed by atoms with E-state index in [4.69, 9.17) is 4.74 Å². The van der Waals surface area contributed by atoms with Gasteiger partial charge >= 0.3 is 6.36 Å². The van der Waals surface area contributed by atoms with E-state index in [9.17, 15) is 18.0 Å². The molecule has 2 aromatic rings. The maximum absolute atomic E-state index is 12.2. The lowest BCUT2D eigenvalue weighted by molar-refractivity contribution is -0.274. The molecule has 0 fully saturated rings. The Balaban J connectivity index is 2.14. The fourth-order valence-electron chi connectivity index (χ4n) is 1.68. The molecule has 0 unspecified atom stereocenters. The molecule has 0 amide bonds. The fraction of sp³-hybridized carbons (Fsp3) is 0.133. The number of carbonyl (C=O) groups excluding carboxylic acids is 1. The topological polar surface area (TPSA) is 35.5 Å². The Bertz CT molecular complexity index is 634. The van der Waals surface area contributed by atoms with E-state index >= 15 is 0 Å². The zero-order valence-corrected chi connectivity index (χ0v) is 11.0. The minimum atomic E-state index is -4.72. The Morgan fingerprint density at radius 3 is 2.14 bits per heavy atom. The summed E-state index contributed by atoms with van der Waals surface area (Å²) in [5.41, 5.74) is 0.807. The van der Waals surface area contributed by atoms with E-state index < -0.39 is 6.36 Å². The third-order valence-electron chi connectivity index (χ3n) is 2.62. The van der Waals surface area contributed by atoms with Gasteiger partial charge in [-0.1, -0.05) is 0 Å². The van der Waals surface area contributed by atoms with Gasteiger partial charge < -0.3 is 9.47 Å². The van der Waals surface area contributed by atoms with Crippen LogP contribution in [-0.2, 0) is 0 Å². The van der Waals surface area contributed by atoms with Gasteiger partial charge in [-0.2, -0.15) is 0 Å². The molecule has 3 nitrogen and oxygen atoms in total. The molecule has 0 aromatic heterocycles. The number of alkyl halides is 3. The predicted molar refractivity (Wildman–Crippen MR) is 69.8 cm³/mol. The Labute approximate surface area is 118 Å². The highest BCUT2D eigenvalue weighted by Crippen LogP contribution is 2.30. The van der Waals surface area contributed by atoms with Crippen LogP contribution in [0.25, 0.3) is 0 Å². The first-order chi connectivity index (χ1) is 9.87. The molecular weight excluding hydrogens is 285 g/mol. The summed E-state index contributed by atoms with van der Waals surface area (Å²) in [6, 6.07) is 10.4. The summed E-state index contributed by atoms with van der Waals surface area (Å²) in [6.45, 7) is 1.49. The fourth-order valence-corrected chi connectivity index (χ4v) is 1.68. The van der Waals surface area contributed by atoms with Crippen molar-refractivity contribution in [1.29, 1.82) is 0 Å². The van der Waals surface area contributed by atoms with Crippen molar-refractivity contribution < 1.29 is 27.4 Å². The zero-order valence-electron chi connectivity index (χ0n) is 11.0. The lowest BCUT2D eigenvalue weighted by atomic mass is 10.2. The zero-order chi connectivity index (χ0) is 15.5. The minimum Gasteiger partial charge on any atom is -0.457 e. The van der Waals surface area contributed by atoms with Crippen LogP contribution in [0.3, 0.4) is 0 Å². The van der Waals surface area contributed by atoms with E-state index in [0.717, 1.165) is 0 Å². The van der Waals surface area contributed by atoms with Gasteiger partial charge in [0.2, 0.25) is 0 Å². The standard InChI is InChI=1S/C15H11F3O3/c1-10-8-13(6-7-14(10)21-15(16,17)18)20-12-4-2-11(9-19)3-5-12/h2-9H,1H3. The Morgan fingerprint density at radius 1 is 1.00 bits per heavy atom. The molecule has 6 heteroatoms. The summed E-state index contributed by atoms with van der Waals surface area (Å²) in [5.74, 6) is 0.580. The van der Waals surface area contributed by atoms with Gasteiger partial charge in [-0.3, -0.25) is 4.79 Å². The molecule has 0 saturated heterocycles. The number of hydrogen-bond acceptors (Lipinski definition) is 3. The van der Waals surface area contributed by atoms with Crippen LogP contribution in [0.2, 0.25) is 0 Å². The molecule has 0 saturated carbocycles. The molecule has 0 aliphatic rings. The van der Waals surface area contributed by atoms with Crippen molar-refractivity contribution in [1.82, 2.24) is 0 Å². The van der Waals surface area contributed by atoms with Gasteiger partial charge in [0.1, 0.15) is 23.5 Å². The molecule has 0 bridgehead atoms. The van der Waals surface area contributed by atoms with Gasteiger partial charge in [0.15, 0.2) is 0 Å². The maximum atomic E-state index is 12.2. The molecule has 0 spiro atoms. The van der Waals surface area contributed by atoms with E-state index in [-0.39, 0.29) is 5.75 Å². The van der Waals surface area contributed by atoms with Crippen molar-refractivity contribution >= 4 is 6.29 Å². The van der Waals surface area contributed by atoms with Crippen molar-refractivity contribution in [2.75, 3.05) is 0 Å². The largest absolute Gasteiger partial charge is 0.573 e. The summed E-state index contributed by atoms with van der Waals surface area (Å²) in [5, 5.41) is 0. The second-order valence-corrected chi connectivity index (χ2v) is 4.26. The third-order valence-corrected chi connectivity index (χ3v) is 2.62. The molecule has 2 aromatic carbocycles. The van der Waals surface area contributed by atoms with Gasteiger partial charge in [0.05, 0.1) is 0 Å². The molecule has 2 rings (SSSR count). The second kappa shape index (κ2) is 5.87. The molecule has 0 N–H and O–H groups in total. The monoisotopic (exact) mass is 296 g/mol. The number of rotatable bonds is 4. The maximum Gasteiger partial charge on any atom is 0.573 e. The highest BCUT2D eigenvalue weighted by molar-refractivity contribution is 5.74. The first-order valence-corrected chi connectivity index (χ1v) is 5.97. The summed E-state index contributed by atoms with van der Waals surface area (Å²) >= 11 is 0. The number of halogens is 3. The number of aryl methyl sites for hydroxylation is 1. The first kappa shape index (κ1) is 14.9. The lowest BCUT2D eigenvalue weighted by Gasteiger charge is -2.13. The first-order valence-electron chi connectivity index (χ1n) is 5.97. The van der Waals surface area contributed by atoms with Crippen LogP contribution in [0.1, 0.15) is 15.9 Å². The van der Waals surface area contributed by atoms with Gasteiger partial charge in [0.25, 0.3) is 0 Å². The molecule has 0 heterocycles. The number of aldehydes is 1. The van der Waals surface area contributed by atoms with Gasteiger partial charge in [-0.25, -0.2) is 0 Å². The molecular formula is C15H11F3O3. The van der Waals surface area contributed by atoms with E-state index in [1.165, 1.54) is 25.1 Å². The Hall–Kier alpha value is -2.50. The van der Waals surface area contributed by atoms with Crippen LogP contribution in [0.4, 0.5) is 13.2 Å². The van der Waals surface area contributed by atoms with Gasteiger partial charge in [-0.05, 0) is 55.0 Å². The van der Waals surface area contributed by atoms with E-state index in [1.807, 2.05) is 0 Å². The Morgan fingerprint density at radius 2 is 1.62 bits per heavy atom. The van der Waals surface area contributed by atoms with Crippen molar-refractivity contribution in [3.63, 3.8) is 0 Å². The highest BCUT2D eigenvalue weighted by atomic mass is 19.4. The van der Waals surface area contributed by atoms with Crippen LogP contribution < -0.4 is 9.47 Å². The SMILES string of the molecule is Cc1cc(Oc2ccc(C=O)cc2)ccc1OC(F)(F)F. The van der Waals surface area contributed by atoms with Crippen LogP contribution in [0.5, 0.6) is 17.2 Å². The normalized spacial score (nSPS) is 11.0. The molecule has 110 valence electrons. The van der Waals surface area contributed by atoms with Crippen molar-refractivity contribution in [2.24, 2.45) is 0 Å². The molecule has 0 atom stereocenters. The van der Waals surface area contributed by atoms with Crippen molar-refractivity contribution in [3.8, 4) is 17.2 Å². The molecule has 0 aliphatic carbocycles. The Kier molecular flexibility index (Phi) is 4.16. The van der Waals surface area contributed by atoms with Gasteiger partial charge in [0, 0.05) is 5.56 Å². The number of hydrogen-bond donors (Lipinski definition) is 0. The highest BCUT2D eigenvalue weighted by Gasteiger charge is 2.31. The van der Waals surface area contributed by atoms with Crippen LogP contribution in [-0.4, -0.2) is 12.6 Å². The smallest absolute Gasteiger partial charge is 0.457 e. The molecule has 21 heavy (non-hydrogen) atoms. The van der Waals surface area contributed by atoms with Gasteiger partial charge in [-0.15, -0.1) is 13.2 Å². The van der Waals surface area contributed by atoms with Crippen LogP contribution in [0, 0.1) is 6.92 Å². The quantitative estimate of drug-likeness (QED) is 0.779. The second-order valence-electron chi connectivity index (χ2n) is 4.26. The summed E-state index contributed by atoms with van der Waals surface area (Å²) < 4.78 is 45.8. The number of carbonyl (C=O) groups is 1.